The van der Waals surface area contributed by atoms with E-state index in [-0.39, 0.29) is 5.56 Å². The van der Waals surface area contributed by atoms with Crippen LogP contribution in [-0.2, 0) is 6.42 Å². The third kappa shape index (κ3) is 5.72. The van der Waals surface area contributed by atoms with Crippen LogP contribution in [0.25, 0.3) is 0 Å². The number of aryl methyl sites for hydroxylation is 1. The van der Waals surface area contributed by atoms with Crippen LogP contribution in [0.3, 0.4) is 0 Å². The Kier molecular flexibility index (Phi) is 7.50. The SMILES string of the molecule is CC.O=C(O)c1ccncc1NC[C@H]1CCCc2cc(OCCC3CC3)ccc21. The average Bonchev–Trinajstić information content (AvgIpc) is 3.58. The number of benzene rings is 1. The van der Waals surface area contributed by atoms with Gasteiger partial charge in [0.15, 0.2) is 0 Å². The van der Waals surface area contributed by atoms with Crippen LogP contribution in [0.2, 0.25) is 0 Å². The number of aromatic carboxylic acids is 1. The van der Waals surface area contributed by atoms with Crippen molar-refractivity contribution < 1.29 is 14.6 Å². The largest absolute Gasteiger partial charge is 0.494 e. The first kappa shape index (κ1) is 21.2. The molecule has 2 aromatic rings. The normalized spacial score (nSPS) is 17.5. The molecule has 4 rings (SSSR count). The molecule has 1 heterocycles. The van der Waals surface area contributed by atoms with Gasteiger partial charge in [-0.25, -0.2) is 4.79 Å². The summed E-state index contributed by atoms with van der Waals surface area (Å²) in [6.07, 6.45) is 10.3. The minimum Gasteiger partial charge on any atom is -0.494 e. The van der Waals surface area contributed by atoms with Crippen LogP contribution >= 0.6 is 0 Å². The number of pyridine rings is 1. The van der Waals surface area contributed by atoms with Crippen molar-refractivity contribution in [1.82, 2.24) is 4.98 Å². The molecule has 0 bridgehead atoms. The number of aromatic nitrogens is 1. The van der Waals surface area contributed by atoms with Gasteiger partial charge in [-0.2, -0.15) is 0 Å². The quantitative estimate of drug-likeness (QED) is 0.615. The number of carbonyl (C=O) groups is 1. The number of fused-ring (bicyclic) bond motifs is 1. The first-order valence-corrected chi connectivity index (χ1v) is 10.9. The Hall–Kier alpha value is -2.56. The Balaban J connectivity index is 0.00000117. The molecule has 1 aromatic heterocycles. The van der Waals surface area contributed by atoms with Gasteiger partial charge in [0.1, 0.15) is 5.75 Å². The van der Waals surface area contributed by atoms with Gasteiger partial charge in [-0.15, -0.1) is 0 Å². The summed E-state index contributed by atoms with van der Waals surface area (Å²) in [6.45, 7) is 5.52. The first-order valence-electron chi connectivity index (χ1n) is 10.9. The molecule has 2 aliphatic rings. The van der Waals surface area contributed by atoms with Gasteiger partial charge in [0, 0.05) is 18.7 Å². The van der Waals surface area contributed by atoms with Crippen molar-refractivity contribution in [3.63, 3.8) is 0 Å². The average molecular weight is 397 g/mol. The summed E-state index contributed by atoms with van der Waals surface area (Å²) in [7, 11) is 0. The highest BCUT2D eigenvalue weighted by Crippen LogP contribution is 2.35. The van der Waals surface area contributed by atoms with Gasteiger partial charge in [-0.05, 0) is 60.9 Å². The third-order valence-corrected chi connectivity index (χ3v) is 5.64. The maximum absolute atomic E-state index is 11.4. The smallest absolute Gasteiger partial charge is 0.337 e. The minimum atomic E-state index is -0.933. The molecule has 156 valence electrons. The number of hydrogen-bond donors (Lipinski definition) is 2. The summed E-state index contributed by atoms with van der Waals surface area (Å²) in [5.74, 6) is 1.30. The number of nitrogens with one attached hydrogen (secondary N) is 1. The summed E-state index contributed by atoms with van der Waals surface area (Å²) >= 11 is 0. The van der Waals surface area contributed by atoms with Crippen LogP contribution < -0.4 is 10.1 Å². The molecule has 29 heavy (non-hydrogen) atoms. The van der Waals surface area contributed by atoms with E-state index in [4.69, 9.17) is 4.74 Å². The molecule has 5 nitrogen and oxygen atoms in total. The lowest BCUT2D eigenvalue weighted by atomic mass is 9.82. The van der Waals surface area contributed by atoms with Gasteiger partial charge in [0.25, 0.3) is 0 Å². The Morgan fingerprint density at radius 1 is 1.24 bits per heavy atom. The van der Waals surface area contributed by atoms with E-state index in [1.54, 1.807) is 6.20 Å². The molecule has 2 aliphatic carbocycles. The molecule has 0 saturated heterocycles. The maximum atomic E-state index is 11.4. The standard InChI is InChI=1S/C22H26N2O3.C2H6/c25-22(26)20-8-10-23-14-21(20)24-13-17-3-1-2-16-12-18(6-7-19(16)17)27-11-9-15-4-5-15;1-2/h6-8,10,12,14-15,17,24H,1-5,9,11,13H2,(H,25,26);1-2H3/t17-;/m1./s1. The molecular weight excluding hydrogens is 364 g/mol. The second-order valence-corrected chi connectivity index (χ2v) is 7.64. The molecule has 0 amide bonds. The zero-order valence-corrected chi connectivity index (χ0v) is 17.5. The van der Waals surface area contributed by atoms with Crippen LogP contribution in [0.4, 0.5) is 5.69 Å². The van der Waals surface area contributed by atoms with Crippen LogP contribution in [0.5, 0.6) is 5.75 Å². The van der Waals surface area contributed by atoms with Gasteiger partial charge in [-0.3, -0.25) is 4.98 Å². The predicted octanol–water partition coefficient (Wildman–Crippen LogP) is 5.52. The number of carboxylic acid groups (broad SMARTS) is 1. The maximum Gasteiger partial charge on any atom is 0.337 e. The number of nitrogens with zero attached hydrogens (tertiary/aromatic N) is 1. The van der Waals surface area contributed by atoms with Gasteiger partial charge >= 0.3 is 5.97 Å². The lowest BCUT2D eigenvalue weighted by molar-refractivity contribution is 0.0697. The van der Waals surface area contributed by atoms with Crippen LogP contribution in [0.15, 0.2) is 36.7 Å². The van der Waals surface area contributed by atoms with E-state index in [0.29, 0.717) is 18.2 Å². The Bertz CT molecular complexity index is 818. The molecule has 2 N–H and O–H groups in total. The Morgan fingerprint density at radius 3 is 2.83 bits per heavy atom. The molecule has 0 radical (unpaired) electrons. The van der Waals surface area contributed by atoms with Crippen LogP contribution in [-0.4, -0.2) is 29.2 Å². The van der Waals surface area contributed by atoms with E-state index in [1.165, 1.54) is 42.7 Å². The molecule has 0 aliphatic heterocycles. The number of rotatable bonds is 8. The summed E-state index contributed by atoms with van der Waals surface area (Å²) in [6, 6.07) is 8.00. The van der Waals surface area contributed by atoms with Crippen LogP contribution in [0.1, 0.15) is 73.4 Å². The van der Waals surface area contributed by atoms with E-state index in [0.717, 1.165) is 37.5 Å². The van der Waals surface area contributed by atoms with E-state index >= 15 is 0 Å². The van der Waals surface area contributed by atoms with Crippen molar-refractivity contribution in [3.8, 4) is 5.75 Å². The molecule has 5 heteroatoms. The highest BCUT2D eigenvalue weighted by Gasteiger charge is 2.23. The fourth-order valence-electron chi connectivity index (χ4n) is 3.90. The zero-order chi connectivity index (χ0) is 20.6. The van der Waals surface area contributed by atoms with E-state index in [1.807, 2.05) is 13.8 Å². The molecule has 1 saturated carbocycles. The topological polar surface area (TPSA) is 71.5 Å². The van der Waals surface area contributed by atoms with Crippen LogP contribution in [0, 0.1) is 5.92 Å². The Morgan fingerprint density at radius 2 is 2.07 bits per heavy atom. The second-order valence-electron chi connectivity index (χ2n) is 7.64. The third-order valence-electron chi connectivity index (χ3n) is 5.64. The fourth-order valence-corrected chi connectivity index (χ4v) is 3.90. The van der Waals surface area contributed by atoms with Crippen molar-refractivity contribution in [3.05, 3.63) is 53.3 Å². The summed E-state index contributed by atoms with van der Waals surface area (Å²) < 4.78 is 5.94. The van der Waals surface area contributed by atoms with Gasteiger partial charge < -0.3 is 15.2 Å². The number of anilines is 1. The monoisotopic (exact) mass is 396 g/mol. The molecule has 0 unspecified atom stereocenters. The van der Waals surface area contributed by atoms with Crippen molar-refractivity contribution in [2.45, 2.75) is 58.3 Å². The molecule has 1 atom stereocenters. The lowest BCUT2D eigenvalue weighted by Gasteiger charge is -2.27. The summed E-state index contributed by atoms with van der Waals surface area (Å²) in [4.78, 5) is 15.4. The minimum absolute atomic E-state index is 0.264. The van der Waals surface area contributed by atoms with Gasteiger partial charge in [0.05, 0.1) is 24.1 Å². The second kappa shape index (κ2) is 10.3. The van der Waals surface area contributed by atoms with E-state index in [2.05, 4.69) is 28.5 Å². The highest BCUT2D eigenvalue weighted by atomic mass is 16.5. The number of ether oxygens (including phenoxy) is 1. The van der Waals surface area contributed by atoms with Crippen molar-refractivity contribution >= 4 is 11.7 Å². The molecule has 1 fully saturated rings. The first-order chi connectivity index (χ1) is 14.2. The highest BCUT2D eigenvalue weighted by molar-refractivity contribution is 5.93. The lowest BCUT2D eigenvalue weighted by Crippen LogP contribution is -2.19. The number of hydrogen-bond acceptors (Lipinski definition) is 4. The van der Waals surface area contributed by atoms with Gasteiger partial charge in [-0.1, -0.05) is 32.8 Å². The van der Waals surface area contributed by atoms with Crippen molar-refractivity contribution in [2.24, 2.45) is 5.92 Å². The number of carboxylic acids is 1. The fraction of sp³-hybridized carbons (Fsp3) is 0.500. The van der Waals surface area contributed by atoms with Crippen molar-refractivity contribution in [2.75, 3.05) is 18.5 Å². The van der Waals surface area contributed by atoms with E-state index in [9.17, 15) is 9.90 Å². The predicted molar refractivity (Wildman–Crippen MR) is 116 cm³/mol. The van der Waals surface area contributed by atoms with E-state index < -0.39 is 5.97 Å². The van der Waals surface area contributed by atoms with Crippen molar-refractivity contribution in [1.29, 1.82) is 0 Å². The molecular formula is C24H32N2O3. The van der Waals surface area contributed by atoms with Gasteiger partial charge in [0.2, 0.25) is 0 Å². The zero-order valence-electron chi connectivity index (χ0n) is 17.5. The summed E-state index contributed by atoms with van der Waals surface area (Å²) in [5, 5.41) is 12.6. The Labute approximate surface area is 173 Å². The molecule has 0 spiro atoms. The molecule has 1 aromatic carbocycles. The summed E-state index contributed by atoms with van der Waals surface area (Å²) in [5.41, 5.74) is 3.56.